The van der Waals surface area contributed by atoms with E-state index in [4.69, 9.17) is 0 Å². The van der Waals surface area contributed by atoms with E-state index in [1.165, 1.54) is 0 Å². The maximum Gasteiger partial charge on any atom is 0.242 e. The topological polar surface area (TPSA) is 59.0 Å². The molecule has 0 saturated heterocycles. The number of hydrogen-bond donors (Lipinski definition) is 2. The van der Waals surface area contributed by atoms with E-state index in [-0.39, 0.29) is 11.9 Å². The molecule has 2 rings (SSSR count). The van der Waals surface area contributed by atoms with Crippen LogP contribution in [0.5, 0.6) is 0 Å². The Kier molecular flexibility index (Phi) is 3.12. The average molecular weight is 222 g/mol. The second-order valence-electron chi connectivity index (χ2n) is 4.23. The molecule has 1 aromatic heterocycles. The molecule has 5 heteroatoms. The van der Waals surface area contributed by atoms with Gasteiger partial charge in [0.2, 0.25) is 5.91 Å². The summed E-state index contributed by atoms with van der Waals surface area (Å²) in [4.78, 5) is 11.7. The minimum atomic E-state index is -0.213. The van der Waals surface area contributed by atoms with Gasteiger partial charge in [0.05, 0.1) is 11.9 Å². The van der Waals surface area contributed by atoms with E-state index in [1.54, 1.807) is 6.20 Å². The van der Waals surface area contributed by atoms with Crippen molar-refractivity contribution in [2.45, 2.75) is 45.3 Å². The summed E-state index contributed by atoms with van der Waals surface area (Å²) in [5, 5.41) is 10.2. The van der Waals surface area contributed by atoms with E-state index >= 15 is 0 Å². The van der Waals surface area contributed by atoms with E-state index in [9.17, 15) is 4.79 Å². The van der Waals surface area contributed by atoms with E-state index in [2.05, 4.69) is 15.7 Å². The third kappa shape index (κ3) is 2.74. The molecule has 2 N–H and O–H groups in total. The van der Waals surface area contributed by atoms with Gasteiger partial charge >= 0.3 is 0 Å². The Morgan fingerprint density at radius 1 is 1.69 bits per heavy atom. The zero-order valence-electron chi connectivity index (χ0n) is 9.73. The van der Waals surface area contributed by atoms with Crippen LogP contribution in [0.2, 0.25) is 0 Å². The molecule has 1 aliphatic rings. The molecule has 0 unspecified atom stereocenters. The van der Waals surface area contributed by atoms with Crippen LogP contribution >= 0.6 is 0 Å². The molecular formula is C11H18N4O. The molecule has 0 radical (unpaired) electrons. The molecule has 1 aliphatic carbocycles. The molecule has 0 aliphatic heterocycles. The van der Waals surface area contributed by atoms with Crippen LogP contribution in [0.3, 0.4) is 0 Å². The Balaban J connectivity index is 1.84. The predicted octanol–water partition coefficient (Wildman–Crippen LogP) is 0.982. The van der Waals surface area contributed by atoms with E-state index in [0.29, 0.717) is 6.04 Å². The van der Waals surface area contributed by atoms with Crippen molar-refractivity contribution in [3.63, 3.8) is 0 Å². The number of carbonyl (C=O) groups excluding carboxylic acids is 1. The third-order valence-electron chi connectivity index (χ3n) is 2.66. The summed E-state index contributed by atoms with van der Waals surface area (Å²) >= 11 is 0. The lowest BCUT2D eigenvalue weighted by Crippen LogP contribution is -2.38. The first-order valence-electron chi connectivity index (χ1n) is 5.78. The van der Waals surface area contributed by atoms with Crippen LogP contribution in [0.15, 0.2) is 12.4 Å². The standard InChI is InChI=1S/C11H18N4O/c1-3-15-7-10(6-12-15)13-8(2)11(16)14-9-4-5-9/h6-9,13H,3-5H2,1-2H3,(H,14,16)/t8-/m1/s1. The number of carbonyl (C=O) groups is 1. The lowest BCUT2D eigenvalue weighted by Gasteiger charge is -2.13. The smallest absolute Gasteiger partial charge is 0.242 e. The highest BCUT2D eigenvalue weighted by molar-refractivity contribution is 5.84. The van der Waals surface area contributed by atoms with Crippen molar-refractivity contribution >= 4 is 11.6 Å². The number of nitrogens with zero attached hydrogens (tertiary/aromatic N) is 2. The van der Waals surface area contributed by atoms with Gasteiger partial charge < -0.3 is 10.6 Å². The number of aryl methyl sites for hydroxylation is 1. The highest BCUT2D eigenvalue weighted by Gasteiger charge is 2.25. The summed E-state index contributed by atoms with van der Waals surface area (Å²) in [7, 11) is 0. The first-order valence-corrected chi connectivity index (χ1v) is 5.78. The first-order chi connectivity index (χ1) is 7.69. The van der Waals surface area contributed by atoms with Gasteiger partial charge in [0, 0.05) is 18.8 Å². The molecule has 1 amide bonds. The Labute approximate surface area is 95.2 Å². The SMILES string of the molecule is CCn1cc(N[C@H](C)C(=O)NC2CC2)cn1. The van der Waals surface area contributed by atoms with Crippen molar-refractivity contribution in [1.29, 1.82) is 0 Å². The van der Waals surface area contributed by atoms with Crippen molar-refractivity contribution in [1.82, 2.24) is 15.1 Å². The van der Waals surface area contributed by atoms with Crippen LogP contribution in [0.1, 0.15) is 26.7 Å². The van der Waals surface area contributed by atoms with Gasteiger partial charge in [0.25, 0.3) is 0 Å². The number of anilines is 1. The van der Waals surface area contributed by atoms with Crippen LogP contribution in [0.4, 0.5) is 5.69 Å². The summed E-state index contributed by atoms with van der Waals surface area (Å²) in [5.41, 5.74) is 0.889. The maximum atomic E-state index is 11.7. The van der Waals surface area contributed by atoms with Crippen molar-refractivity contribution in [2.24, 2.45) is 0 Å². The van der Waals surface area contributed by atoms with Gasteiger partial charge in [-0.05, 0) is 26.7 Å². The number of hydrogen-bond acceptors (Lipinski definition) is 3. The largest absolute Gasteiger partial charge is 0.371 e. The van der Waals surface area contributed by atoms with Gasteiger partial charge in [-0.25, -0.2) is 0 Å². The minimum Gasteiger partial charge on any atom is -0.371 e. The molecule has 5 nitrogen and oxygen atoms in total. The van der Waals surface area contributed by atoms with Crippen LogP contribution in [0, 0.1) is 0 Å². The van der Waals surface area contributed by atoms with Gasteiger partial charge in [0.15, 0.2) is 0 Å². The summed E-state index contributed by atoms with van der Waals surface area (Å²) in [6.07, 6.45) is 5.88. The van der Waals surface area contributed by atoms with Gasteiger partial charge in [-0.15, -0.1) is 0 Å². The summed E-state index contributed by atoms with van der Waals surface area (Å²) in [6, 6.07) is 0.199. The summed E-state index contributed by atoms with van der Waals surface area (Å²) in [5.74, 6) is 0.0618. The van der Waals surface area contributed by atoms with Crippen LogP contribution in [-0.4, -0.2) is 27.8 Å². The fourth-order valence-electron chi connectivity index (χ4n) is 1.48. The van der Waals surface area contributed by atoms with Crippen LogP contribution < -0.4 is 10.6 Å². The fourth-order valence-corrected chi connectivity index (χ4v) is 1.48. The second kappa shape index (κ2) is 4.55. The molecule has 1 fully saturated rings. The molecule has 1 saturated carbocycles. The zero-order valence-corrected chi connectivity index (χ0v) is 9.73. The van der Waals surface area contributed by atoms with Gasteiger partial charge in [0.1, 0.15) is 6.04 Å². The highest BCUT2D eigenvalue weighted by atomic mass is 16.2. The Morgan fingerprint density at radius 3 is 3.00 bits per heavy atom. The zero-order chi connectivity index (χ0) is 11.5. The van der Waals surface area contributed by atoms with E-state index in [0.717, 1.165) is 25.1 Å². The molecular weight excluding hydrogens is 204 g/mol. The van der Waals surface area contributed by atoms with Crippen molar-refractivity contribution < 1.29 is 4.79 Å². The maximum absolute atomic E-state index is 11.7. The molecule has 0 bridgehead atoms. The number of nitrogens with one attached hydrogen (secondary N) is 2. The summed E-state index contributed by atoms with van der Waals surface area (Å²) in [6.45, 7) is 4.73. The molecule has 1 aromatic rings. The molecule has 1 atom stereocenters. The van der Waals surface area contributed by atoms with Crippen molar-refractivity contribution in [2.75, 3.05) is 5.32 Å². The highest BCUT2D eigenvalue weighted by Crippen LogP contribution is 2.18. The Hall–Kier alpha value is -1.52. The third-order valence-corrected chi connectivity index (χ3v) is 2.66. The Morgan fingerprint density at radius 2 is 2.44 bits per heavy atom. The van der Waals surface area contributed by atoms with Crippen LogP contribution in [-0.2, 0) is 11.3 Å². The van der Waals surface area contributed by atoms with Crippen LogP contribution in [0.25, 0.3) is 0 Å². The monoisotopic (exact) mass is 222 g/mol. The molecule has 88 valence electrons. The van der Waals surface area contributed by atoms with E-state index in [1.807, 2.05) is 24.7 Å². The summed E-state index contributed by atoms with van der Waals surface area (Å²) < 4.78 is 1.83. The molecule has 0 aromatic carbocycles. The molecule has 16 heavy (non-hydrogen) atoms. The van der Waals surface area contributed by atoms with Gasteiger partial charge in [-0.2, -0.15) is 5.10 Å². The quantitative estimate of drug-likeness (QED) is 0.781. The average Bonchev–Trinajstić information content (AvgIpc) is 2.96. The van der Waals surface area contributed by atoms with Crippen molar-refractivity contribution in [3.8, 4) is 0 Å². The Bertz CT molecular complexity index is 370. The lowest BCUT2D eigenvalue weighted by atomic mass is 10.3. The molecule has 1 heterocycles. The predicted molar refractivity (Wildman–Crippen MR) is 62.2 cm³/mol. The molecule has 0 spiro atoms. The number of aromatic nitrogens is 2. The second-order valence-corrected chi connectivity index (χ2v) is 4.23. The first kappa shape index (κ1) is 11.0. The normalized spacial score (nSPS) is 16.9. The lowest BCUT2D eigenvalue weighted by molar-refractivity contribution is -0.121. The number of rotatable bonds is 5. The van der Waals surface area contributed by atoms with Gasteiger partial charge in [-0.3, -0.25) is 9.48 Å². The fraction of sp³-hybridized carbons (Fsp3) is 0.636. The van der Waals surface area contributed by atoms with E-state index < -0.39 is 0 Å². The van der Waals surface area contributed by atoms with Gasteiger partial charge in [-0.1, -0.05) is 0 Å². The van der Waals surface area contributed by atoms with Crippen molar-refractivity contribution in [3.05, 3.63) is 12.4 Å². The number of amides is 1. The minimum absolute atomic E-state index is 0.0618.